The van der Waals surface area contributed by atoms with Crippen LogP contribution in [0.1, 0.15) is 6.42 Å². The van der Waals surface area contributed by atoms with Gasteiger partial charge >= 0.3 is 76.6 Å². The Kier molecular flexibility index (Phi) is 15.0. The maximum Gasteiger partial charge on any atom is 0.460 e. The Labute approximate surface area is 310 Å². The van der Waals surface area contributed by atoms with Gasteiger partial charge in [0.2, 0.25) is 0 Å². The molecular weight excluding hydrogens is 959 g/mol. The van der Waals surface area contributed by atoms with Crippen LogP contribution in [-0.4, -0.2) is 169 Å². The third-order valence-corrected chi connectivity index (χ3v) is 10.2. The lowest BCUT2D eigenvalue weighted by Gasteiger charge is -2.45. The summed E-state index contributed by atoms with van der Waals surface area (Å²) in [6, 6.07) is 0. The van der Waals surface area contributed by atoms with E-state index in [2.05, 4.69) is 0 Å². The number of carboxylic acid groups (broad SMARTS) is 1. The maximum absolute atomic E-state index is 14.8. The highest BCUT2D eigenvalue weighted by Gasteiger charge is 3.00. The second-order valence-corrected chi connectivity index (χ2v) is 16.1. The zero-order valence-corrected chi connectivity index (χ0v) is 29.5. The first kappa shape index (κ1) is 56.5. The van der Waals surface area contributed by atoms with Crippen molar-refractivity contribution in [1.82, 2.24) is 4.31 Å². The number of nitrogens with zero attached hydrogens (tertiary/aromatic N) is 2. The van der Waals surface area contributed by atoms with E-state index in [0.717, 1.165) is 14.1 Å². The molecule has 59 heavy (non-hydrogen) atoms. The van der Waals surface area contributed by atoms with Crippen molar-refractivity contribution < 1.29 is 151 Å². The Bertz CT molecular complexity index is 1750. The van der Waals surface area contributed by atoms with Crippen molar-refractivity contribution >= 4 is 26.1 Å². The Balaban J connectivity index is 7.31. The molecule has 0 spiro atoms. The summed E-state index contributed by atoms with van der Waals surface area (Å²) in [7, 11) is -11.3. The number of aliphatic hydroxyl groups excluding tert-OH is 1. The molecule has 0 aliphatic heterocycles. The molecule has 37 heteroatoms. The predicted octanol–water partition coefficient (Wildman–Crippen LogP) is 5.93. The van der Waals surface area contributed by atoms with Crippen molar-refractivity contribution in [2.45, 2.75) is 83.2 Å². The molecule has 354 valence electrons. The minimum Gasteiger partial charge on any atom is -0.480 e. The van der Waals surface area contributed by atoms with Crippen LogP contribution in [0, 0.1) is 0 Å². The summed E-state index contributed by atoms with van der Waals surface area (Å²) < 4.78 is 397. The van der Waals surface area contributed by atoms with Gasteiger partial charge in [-0.15, -0.1) is 0 Å². The minimum absolute atomic E-state index is 0.842. The van der Waals surface area contributed by atoms with Gasteiger partial charge in [-0.05, 0) is 0 Å². The third-order valence-electron chi connectivity index (χ3n) is 7.53. The van der Waals surface area contributed by atoms with Gasteiger partial charge in [0, 0.05) is 13.0 Å². The van der Waals surface area contributed by atoms with Crippen molar-refractivity contribution in [3.63, 3.8) is 0 Å². The largest absolute Gasteiger partial charge is 0.480 e. The van der Waals surface area contributed by atoms with E-state index in [0.29, 0.717) is 0 Å². The van der Waals surface area contributed by atoms with Crippen molar-refractivity contribution in [1.29, 1.82) is 0 Å². The maximum atomic E-state index is 14.8. The Morgan fingerprint density at radius 1 is 0.559 bits per heavy atom. The standard InChI is InChI=1S/C22H21F25N2O8S2/c1-49(2,7-9(50)8-58(53,54)55)5-3-4-48(6-10(51)52)59(56,57)22(46,47)20(41,42)18(37,38)16(33,34)14(29,30)12(25,26)11(23,24)13(27,28)15(31,32)17(35,36)19(39,40)21(43,44)45/h9,50H,3-8H2,1-2H3,(H-,51,52,53,54,55)/p+1. The van der Waals surface area contributed by atoms with Crippen LogP contribution in [0.25, 0.3) is 0 Å². The Morgan fingerprint density at radius 3 is 1.12 bits per heavy atom. The number of aliphatic carboxylic acids is 1. The average molecular weight is 982 g/mol. The molecule has 1 unspecified atom stereocenters. The van der Waals surface area contributed by atoms with E-state index in [1.165, 1.54) is 0 Å². The number of carboxylic acids is 1. The topological polar surface area (TPSA) is 149 Å². The van der Waals surface area contributed by atoms with E-state index in [-0.39, 0.29) is 0 Å². The van der Waals surface area contributed by atoms with Crippen molar-refractivity contribution in [3.05, 3.63) is 0 Å². The monoisotopic (exact) mass is 981 g/mol. The van der Waals surface area contributed by atoms with Gasteiger partial charge in [0.25, 0.3) is 20.1 Å². The molecule has 1 atom stereocenters. The molecule has 0 aromatic heterocycles. The molecule has 0 aromatic rings. The van der Waals surface area contributed by atoms with Gasteiger partial charge in [0.05, 0.1) is 20.6 Å². The first-order valence-corrected chi connectivity index (χ1v) is 17.1. The number of hydrogen-bond acceptors (Lipinski definition) is 6. The molecular formula is C22H22F25N2O8S2+. The smallest absolute Gasteiger partial charge is 0.460 e. The summed E-state index contributed by atoms with van der Waals surface area (Å²) in [6.45, 7) is -6.41. The number of aliphatic hydroxyl groups is 1. The molecule has 0 bridgehead atoms. The summed E-state index contributed by atoms with van der Waals surface area (Å²) in [5.74, 6) is -99.4. The average Bonchev–Trinajstić information content (AvgIpc) is 2.97. The van der Waals surface area contributed by atoms with E-state index in [9.17, 15) is 136 Å². The van der Waals surface area contributed by atoms with E-state index < -0.39 is 150 Å². The molecule has 10 nitrogen and oxygen atoms in total. The molecule has 0 rings (SSSR count). The summed E-state index contributed by atoms with van der Waals surface area (Å²) in [4.78, 5) is 11.0. The first-order valence-electron chi connectivity index (χ1n) is 14.0. The highest BCUT2D eigenvalue weighted by atomic mass is 32.2. The van der Waals surface area contributed by atoms with Gasteiger partial charge in [-0.3, -0.25) is 9.35 Å². The van der Waals surface area contributed by atoms with Gasteiger partial charge in [-0.2, -0.15) is 122 Å². The normalized spacial score (nSPS) is 16.8. The third kappa shape index (κ3) is 9.03. The van der Waals surface area contributed by atoms with Crippen LogP contribution >= 0.6 is 0 Å². The summed E-state index contributed by atoms with van der Waals surface area (Å²) in [6.07, 6.45) is -11.6. The molecule has 0 aliphatic carbocycles. The minimum atomic E-state index is -9.89. The molecule has 0 aromatic carbocycles. The number of alkyl halides is 25. The van der Waals surface area contributed by atoms with Crippen LogP contribution in [0.2, 0.25) is 0 Å². The molecule has 0 radical (unpaired) electrons. The van der Waals surface area contributed by atoms with Crippen molar-refractivity contribution in [3.8, 4) is 0 Å². The van der Waals surface area contributed by atoms with Crippen LogP contribution in [-0.2, 0) is 24.9 Å². The number of likely N-dealkylation sites (N-methyl/N-ethyl adjacent to an activating group) is 1. The first-order chi connectivity index (χ1) is 25.1. The van der Waals surface area contributed by atoms with Crippen molar-refractivity contribution in [2.24, 2.45) is 0 Å². The lowest BCUT2D eigenvalue weighted by molar-refractivity contribution is -0.893. The fourth-order valence-corrected chi connectivity index (χ4v) is 6.35. The Hall–Kier alpha value is -2.54. The predicted molar refractivity (Wildman–Crippen MR) is 137 cm³/mol. The Morgan fingerprint density at radius 2 is 0.847 bits per heavy atom. The van der Waals surface area contributed by atoms with E-state index in [1.807, 2.05) is 0 Å². The van der Waals surface area contributed by atoms with Gasteiger partial charge < -0.3 is 14.7 Å². The van der Waals surface area contributed by atoms with Crippen LogP contribution < -0.4 is 0 Å². The second kappa shape index (κ2) is 15.7. The number of sulfonamides is 1. The summed E-state index contributed by atoms with van der Waals surface area (Å²) in [5, 5.41) is 10.1. The van der Waals surface area contributed by atoms with Crippen LogP contribution in [0.5, 0.6) is 0 Å². The zero-order valence-electron chi connectivity index (χ0n) is 27.9. The van der Waals surface area contributed by atoms with Crippen LogP contribution in [0.15, 0.2) is 0 Å². The molecule has 0 heterocycles. The van der Waals surface area contributed by atoms with Crippen LogP contribution in [0.4, 0.5) is 110 Å². The number of halogens is 25. The molecule has 0 saturated carbocycles. The number of carbonyl (C=O) groups is 1. The lowest BCUT2D eigenvalue weighted by atomic mass is 9.85. The number of quaternary nitrogens is 1. The van der Waals surface area contributed by atoms with E-state index >= 15 is 0 Å². The molecule has 0 amide bonds. The highest BCUT2D eigenvalue weighted by molar-refractivity contribution is 7.90. The summed E-state index contributed by atoms with van der Waals surface area (Å²) >= 11 is 0. The molecule has 3 N–H and O–H groups in total. The fraction of sp³-hybridized carbons (Fsp3) is 0.955. The zero-order chi connectivity index (χ0) is 48.5. The quantitative estimate of drug-likeness (QED) is 0.0688. The van der Waals surface area contributed by atoms with E-state index in [1.54, 1.807) is 0 Å². The SMILES string of the molecule is C[N+](C)(CCCN(CC(=O)O)S(=O)(=O)C(F)(F)C(F)(F)C(F)(F)C(F)(F)C(F)(F)C(F)(F)C(F)(F)C(F)(F)C(F)(F)C(F)(F)C(F)(F)C(F)(F)F)CC(O)CS(=O)(=O)O. The van der Waals surface area contributed by atoms with Crippen molar-refractivity contribution in [2.75, 3.05) is 46.0 Å². The van der Waals surface area contributed by atoms with Crippen LogP contribution in [0.3, 0.4) is 0 Å². The second-order valence-electron chi connectivity index (χ2n) is 12.6. The molecule has 0 saturated heterocycles. The van der Waals surface area contributed by atoms with Gasteiger partial charge in [0.1, 0.15) is 24.9 Å². The van der Waals surface area contributed by atoms with E-state index in [4.69, 9.17) is 9.66 Å². The fourth-order valence-electron chi connectivity index (χ4n) is 4.33. The number of rotatable bonds is 22. The highest BCUT2D eigenvalue weighted by Crippen LogP contribution is 2.68. The van der Waals surface area contributed by atoms with Gasteiger partial charge in [-0.1, -0.05) is 0 Å². The van der Waals surface area contributed by atoms with Gasteiger partial charge in [-0.25, -0.2) is 8.42 Å². The lowest BCUT2D eigenvalue weighted by Crippen LogP contribution is -2.78. The summed E-state index contributed by atoms with van der Waals surface area (Å²) in [5.41, 5.74) is 0. The molecule has 0 aliphatic rings. The molecule has 0 fully saturated rings. The number of hydrogen-bond donors (Lipinski definition) is 3. The van der Waals surface area contributed by atoms with Gasteiger partial charge in [0.15, 0.2) is 0 Å².